The minimum Gasteiger partial charge on any atom is -0.486 e. The number of carbonyl (C=O) groups excluding carboxylic acids is 1. The summed E-state index contributed by atoms with van der Waals surface area (Å²) in [7, 11) is 0. The van der Waals surface area contributed by atoms with E-state index in [-0.39, 0.29) is 11.9 Å². The molecule has 4 rings (SSSR count). The second-order valence-corrected chi connectivity index (χ2v) is 8.78. The Morgan fingerprint density at radius 2 is 1.83 bits per heavy atom. The maximum atomic E-state index is 13.0. The van der Waals surface area contributed by atoms with Gasteiger partial charge in [-0.2, -0.15) is 0 Å². The van der Waals surface area contributed by atoms with Crippen LogP contribution in [0.5, 0.6) is 0 Å². The molecule has 0 saturated carbocycles. The first-order chi connectivity index (χ1) is 14.2. The summed E-state index contributed by atoms with van der Waals surface area (Å²) >= 11 is 7.75. The molecule has 152 valence electrons. The van der Waals surface area contributed by atoms with Crippen molar-refractivity contribution in [2.75, 3.05) is 32.0 Å². The van der Waals surface area contributed by atoms with Crippen molar-refractivity contribution in [1.82, 2.24) is 10.2 Å². The topological polar surface area (TPSA) is 41.6 Å². The SMILES string of the molecule is O=C(NCC(c1ccc(Cl)cc1)N1CCCC1)C1=C(c2ccccc2)SCCO1. The predicted molar refractivity (Wildman–Crippen MR) is 120 cm³/mol. The molecule has 2 heterocycles. The van der Waals surface area contributed by atoms with Gasteiger partial charge in [-0.1, -0.05) is 54.1 Å². The fraction of sp³-hybridized carbons (Fsp3) is 0.348. The lowest BCUT2D eigenvalue weighted by molar-refractivity contribution is -0.121. The van der Waals surface area contributed by atoms with E-state index in [4.69, 9.17) is 16.3 Å². The van der Waals surface area contributed by atoms with Crippen molar-refractivity contribution < 1.29 is 9.53 Å². The molecule has 0 aliphatic carbocycles. The minimum atomic E-state index is -0.144. The fourth-order valence-electron chi connectivity index (χ4n) is 3.86. The third-order valence-corrected chi connectivity index (χ3v) is 6.65. The molecule has 29 heavy (non-hydrogen) atoms. The van der Waals surface area contributed by atoms with Crippen molar-refractivity contribution in [2.45, 2.75) is 18.9 Å². The van der Waals surface area contributed by atoms with Gasteiger partial charge in [0.2, 0.25) is 0 Å². The summed E-state index contributed by atoms with van der Waals surface area (Å²) in [6, 6.07) is 18.1. The highest BCUT2D eigenvalue weighted by Crippen LogP contribution is 2.34. The molecular weight excluding hydrogens is 404 g/mol. The van der Waals surface area contributed by atoms with E-state index in [2.05, 4.69) is 22.3 Å². The highest BCUT2D eigenvalue weighted by atomic mass is 35.5. The van der Waals surface area contributed by atoms with Gasteiger partial charge in [-0.25, -0.2) is 0 Å². The normalized spacial score (nSPS) is 18.4. The van der Waals surface area contributed by atoms with E-state index in [0.717, 1.165) is 34.3 Å². The maximum Gasteiger partial charge on any atom is 0.287 e. The minimum absolute atomic E-state index is 0.135. The second-order valence-electron chi connectivity index (χ2n) is 7.24. The molecule has 2 aromatic rings. The van der Waals surface area contributed by atoms with Crippen LogP contribution in [0.25, 0.3) is 4.91 Å². The van der Waals surface area contributed by atoms with Gasteiger partial charge in [0.05, 0.1) is 17.6 Å². The van der Waals surface area contributed by atoms with E-state index in [1.807, 2.05) is 42.5 Å². The Labute approximate surface area is 181 Å². The van der Waals surface area contributed by atoms with Crippen LogP contribution in [0.15, 0.2) is 60.4 Å². The first-order valence-corrected chi connectivity index (χ1v) is 11.4. The number of nitrogens with one attached hydrogen (secondary N) is 1. The average Bonchev–Trinajstić information content (AvgIpc) is 3.30. The van der Waals surface area contributed by atoms with E-state index in [9.17, 15) is 4.79 Å². The molecule has 0 aromatic heterocycles. The average molecular weight is 429 g/mol. The Morgan fingerprint density at radius 3 is 2.55 bits per heavy atom. The van der Waals surface area contributed by atoms with Crippen molar-refractivity contribution in [1.29, 1.82) is 0 Å². The number of halogens is 1. The third-order valence-electron chi connectivity index (χ3n) is 5.32. The van der Waals surface area contributed by atoms with Crippen molar-refractivity contribution in [3.8, 4) is 0 Å². The summed E-state index contributed by atoms with van der Waals surface area (Å²) in [5.74, 6) is 1.14. The lowest BCUT2D eigenvalue weighted by Gasteiger charge is -2.29. The number of hydrogen-bond donors (Lipinski definition) is 1. The Balaban J connectivity index is 1.52. The van der Waals surface area contributed by atoms with Crippen molar-refractivity contribution in [3.05, 3.63) is 76.5 Å². The molecule has 1 N–H and O–H groups in total. The number of likely N-dealkylation sites (tertiary alicyclic amines) is 1. The van der Waals surface area contributed by atoms with Gasteiger partial charge < -0.3 is 10.1 Å². The summed E-state index contributed by atoms with van der Waals surface area (Å²) in [5.41, 5.74) is 2.20. The highest BCUT2D eigenvalue weighted by Gasteiger charge is 2.27. The van der Waals surface area contributed by atoms with Crippen LogP contribution in [0.1, 0.15) is 30.0 Å². The number of amides is 1. The molecule has 2 aliphatic rings. The molecule has 1 saturated heterocycles. The van der Waals surface area contributed by atoms with E-state index in [1.165, 1.54) is 18.4 Å². The lowest BCUT2D eigenvalue weighted by Crippen LogP contribution is -2.38. The van der Waals surface area contributed by atoms with Crippen molar-refractivity contribution in [3.63, 3.8) is 0 Å². The zero-order valence-corrected chi connectivity index (χ0v) is 17.8. The Morgan fingerprint density at radius 1 is 1.10 bits per heavy atom. The zero-order valence-electron chi connectivity index (χ0n) is 16.3. The van der Waals surface area contributed by atoms with E-state index in [1.54, 1.807) is 11.8 Å². The summed E-state index contributed by atoms with van der Waals surface area (Å²) < 4.78 is 5.80. The largest absolute Gasteiger partial charge is 0.486 e. The molecule has 1 atom stereocenters. The summed E-state index contributed by atoms with van der Waals surface area (Å²) in [6.07, 6.45) is 2.39. The smallest absolute Gasteiger partial charge is 0.287 e. The van der Waals surface area contributed by atoms with Gasteiger partial charge in [0, 0.05) is 17.3 Å². The van der Waals surface area contributed by atoms with Gasteiger partial charge in [0.25, 0.3) is 5.91 Å². The summed E-state index contributed by atoms with van der Waals surface area (Å²) in [5, 5.41) is 3.86. The Bertz CT molecular complexity index is 864. The molecule has 2 aromatic carbocycles. The maximum absolute atomic E-state index is 13.0. The quantitative estimate of drug-likeness (QED) is 0.722. The predicted octanol–water partition coefficient (Wildman–Crippen LogP) is 4.73. The molecule has 1 amide bonds. The molecular formula is C23H25ClN2O2S. The van der Waals surface area contributed by atoms with Crippen LogP contribution in [0.2, 0.25) is 5.02 Å². The Hall–Kier alpha value is -1.95. The molecule has 1 fully saturated rings. The highest BCUT2D eigenvalue weighted by molar-refractivity contribution is 8.08. The number of rotatable bonds is 6. The van der Waals surface area contributed by atoms with E-state index in [0.29, 0.717) is 18.9 Å². The van der Waals surface area contributed by atoms with Crippen LogP contribution in [0, 0.1) is 0 Å². The number of hydrogen-bond acceptors (Lipinski definition) is 4. The van der Waals surface area contributed by atoms with Gasteiger partial charge in [-0.15, -0.1) is 11.8 Å². The van der Waals surface area contributed by atoms with E-state index >= 15 is 0 Å². The van der Waals surface area contributed by atoms with Gasteiger partial charge in [0.1, 0.15) is 0 Å². The van der Waals surface area contributed by atoms with Crippen molar-refractivity contribution in [2.24, 2.45) is 0 Å². The van der Waals surface area contributed by atoms with Crippen molar-refractivity contribution >= 4 is 34.2 Å². The molecule has 0 bridgehead atoms. The molecule has 0 radical (unpaired) electrons. The molecule has 4 nitrogen and oxygen atoms in total. The number of thioether (sulfide) groups is 1. The molecule has 1 unspecified atom stereocenters. The van der Waals surface area contributed by atoms with Crippen LogP contribution in [0.4, 0.5) is 0 Å². The summed E-state index contributed by atoms with van der Waals surface area (Å²) in [4.78, 5) is 16.4. The molecule has 0 spiro atoms. The van der Waals surface area contributed by atoms with Crippen LogP contribution >= 0.6 is 23.4 Å². The van der Waals surface area contributed by atoms with Crippen LogP contribution in [0.3, 0.4) is 0 Å². The van der Waals surface area contributed by atoms with Crippen LogP contribution < -0.4 is 5.32 Å². The van der Waals surface area contributed by atoms with Crippen LogP contribution in [-0.2, 0) is 9.53 Å². The number of carbonyl (C=O) groups is 1. The third kappa shape index (κ3) is 4.97. The Kier molecular flexibility index (Phi) is 6.80. The van der Waals surface area contributed by atoms with Gasteiger partial charge >= 0.3 is 0 Å². The first kappa shape index (κ1) is 20.3. The summed E-state index contributed by atoms with van der Waals surface area (Å²) in [6.45, 7) is 3.19. The number of ether oxygens (including phenoxy) is 1. The monoisotopic (exact) mass is 428 g/mol. The zero-order chi connectivity index (χ0) is 20.1. The van der Waals surface area contributed by atoms with Gasteiger partial charge in [-0.05, 0) is 49.2 Å². The first-order valence-electron chi connectivity index (χ1n) is 10.1. The van der Waals surface area contributed by atoms with Gasteiger partial charge in [0.15, 0.2) is 5.76 Å². The van der Waals surface area contributed by atoms with Crippen LogP contribution in [-0.4, -0.2) is 42.8 Å². The fourth-order valence-corrected chi connectivity index (χ4v) is 4.94. The number of nitrogens with zero attached hydrogens (tertiary/aromatic N) is 1. The lowest BCUT2D eigenvalue weighted by atomic mass is 10.1. The van der Waals surface area contributed by atoms with E-state index < -0.39 is 0 Å². The standard InChI is InChI=1S/C23H25ClN2O2S/c24-19-10-8-17(9-11-19)20(26-12-4-5-13-26)16-25-23(27)21-22(29-15-14-28-21)18-6-2-1-3-7-18/h1-3,6-11,20H,4-5,12-16H2,(H,25,27). The second kappa shape index (κ2) is 9.70. The van der Waals surface area contributed by atoms with Gasteiger partial charge in [-0.3, -0.25) is 9.69 Å². The number of benzene rings is 2. The molecule has 2 aliphatic heterocycles. The molecule has 6 heteroatoms.